The number of hydrogen-bond donors (Lipinski definition) is 2. The number of hydrogen-bond acceptors (Lipinski definition) is 6. The summed E-state index contributed by atoms with van der Waals surface area (Å²) in [4.78, 5) is 38.7. The Kier molecular flexibility index (Phi) is 12.9. The lowest BCUT2D eigenvalue weighted by molar-refractivity contribution is -0.149. The summed E-state index contributed by atoms with van der Waals surface area (Å²) < 4.78 is 74.5. The second kappa shape index (κ2) is 16.6. The number of carbonyl (C=O) groups is 2. The van der Waals surface area contributed by atoms with Gasteiger partial charge in [-0.25, -0.2) is 19.9 Å². The van der Waals surface area contributed by atoms with Crippen LogP contribution >= 0.6 is 23.2 Å². The van der Waals surface area contributed by atoms with Crippen LogP contribution in [0.25, 0.3) is 0 Å². The highest BCUT2D eigenvalue weighted by molar-refractivity contribution is 6.29. The summed E-state index contributed by atoms with van der Waals surface area (Å²) in [6, 6.07) is 8.21. The quantitative estimate of drug-likeness (QED) is 0.144. The smallest absolute Gasteiger partial charge is 0.339 e. The third-order valence-electron chi connectivity index (χ3n) is 5.82. The molecule has 4 aromatic rings. The van der Waals surface area contributed by atoms with Gasteiger partial charge >= 0.3 is 12.4 Å². The standard InChI is InChI=1S/2C16H11ClF3N3O/c2*1-10(16(18,19)20)23-15(24)13-5-4-12(9-22-13)3-2-11-6-7-21-14(17)8-11/h2*4-10H,1H3,(H,23,24)/t2*10-/m10/s1. The first-order chi connectivity index (χ1) is 22.5. The van der Waals surface area contributed by atoms with Crippen LogP contribution in [-0.4, -0.2) is 56.2 Å². The van der Waals surface area contributed by atoms with E-state index in [0.29, 0.717) is 32.6 Å². The molecule has 0 radical (unpaired) electrons. The number of halogens is 8. The normalized spacial score (nSPS) is 12.0. The Hall–Kier alpha value is -5.18. The van der Waals surface area contributed by atoms with Gasteiger partial charge in [0.1, 0.15) is 33.8 Å². The molecule has 4 heterocycles. The van der Waals surface area contributed by atoms with Gasteiger partial charge in [0.2, 0.25) is 0 Å². The number of alkyl halides is 6. The molecule has 16 heteroatoms. The van der Waals surface area contributed by atoms with Gasteiger partial charge in [-0.3, -0.25) is 9.59 Å². The van der Waals surface area contributed by atoms with E-state index in [9.17, 15) is 35.9 Å². The van der Waals surface area contributed by atoms with Crippen LogP contribution in [0.5, 0.6) is 0 Å². The summed E-state index contributed by atoms with van der Waals surface area (Å²) in [5.74, 6) is 9.49. The Morgan fingerprint density at radius 2 is 0.958 bits per heavy atom. The van der Waals surface area contributed by atoms with E-state index in [-0.39, 0.29) is 11.4 Å². The summed E-state index contributed by atoms with van der Waals surface area (Å²) in [5, 5.41) is 4.29. The highest BCUT2D eigenvalue weighted by Gasteiger charge is 2.38. The van der Waals surface area contributed by atoms with Crippen molar-refractivity contribution in [2.45, 2.75) is 38.3 Å². The number of nitrogens with zero attached hydrogens (tertiary/aromatic N) is 4. The fourth-order valence-electron chi connectivity index (χ4n) is 3.16. The third-order valence-corrected chi connectivity index (χ3v) is 6.24. The minimum absolute atomic E-state index is 0.122. The van der Waals surface area contributed by atoms with E-state index in [0.717, 1.165) is 13.8 Å². The molecule has 2 atom stereocenters. The lowest BCUT2D eigenvalue weighted by atomic mass is 10.2. The Morgan fingerprint density at radius 3 is 1.25 bits per heavy atom. The van der Waals surface area contributed by atoms with Crippen molar-refractivity contribution in [3.8, 4) is 23.7 Å². The lowest BCUT2D eigenvalue weighted by Gasteiger charge is -2.16. The molecule has 0 aromatic carbocycles. The molecule has 0 aliphatic rings. The zero-order chi connectivity index (χ0) is 35.5. The van der Waals surface area contributed by atoms with Crippen molar-refractivity contribution in [2.75, 3.05) is 0 Å². The number of rotatable bonds is 4. The maximum atomic E-state index is 12.4. The van der Waals surface area contributed by atoms with Gasteiger partial charge in [-0.15, -0.1) is 0 Å². The molecule has 0 saturated carbocycles. The SMILES string of the molecule is C[C@@H](NC(=O)c1ccc(C#Cc2ccnc(Cl)c2)cn1)C(F)(F)F.C[C@H](NC(=O)c1ccc(C#Cc2ccnc(Cl)c2)cn1)C(F)(F)F. The molecule has 0 saturated heterocycles. The molecule has 0 unspecified atom stereocenters. The Bertz CT molecular complexity index is 1730. The third kappa shape index (κ3) is 12.2. The van der Waals surface area contributed by atoms with Crippen LogP contribution in [0, 0.1) is 23.7 Å². The molecule has 4 aromatic heterocycles. The molecule has 0 spiro atoms. The highest BCUT2D eigenvalue weighted by Crippen LogP contribution is 2.20. The molecule has 48 heavy (non-hydrogen) atoms. The van der Waals surface area contributed by atoms with Crippen molar-refractivity contribution >= 4 is 35.0 Å². The van der Waals surface area contributed by atoms with Gasteiger partial charge in [0.15, 0.2) is 0 Å². The Morgan fingerprint density at radius 1 is 0.604 bits per heavy atom. The minimum atomic E-state index is -4.51. The Balaban J connectivity index is 0.000000260. The van der Waals surface area contributed by atoms with E-state index in [4.69, 9.17) is 23.2 Å². The molecular formula is C32H22Cl2F6N6O2. The first-order valence-corrected chi connectivity index (χ1v) is 14.2. The predicted molar refractivity (Wildman–Crippen MR) is 165 cm³/mol. The van der Waals surface area contributed by atoms with E-state index >= 15 is 0 Å². The first kappa shape index (κ1) is 37.3. The van der Waals surface area contributed by atoms with Crippen molar-refractivity contribution in [1.82, 2.24) is 30.6 Å². The molecule has 8 nitrogen and oxygen atoms in total. The molecule has 0 bridgehead atoms. The summed E-state index contributed by atoms with van der Waals surface area (Å²) in [5.41, 5.74) is 2.06. The summed E-state index contributed by atoms with van der Waals surface area (Å²) >= 11 is 11.5. The van der Waals surface area contributed by atoms with Crippen LogP contribution in [0.15, 0.2) is 73.3 Å². The summed E-state index contributed by atoms with van der Waals surface area (Å²) in [7, 11) is 0. The van der Waals surface area contributed by atoms with E-state index in [1.807, 2.05) is 10.6 Å². The van der Waals surface area contributed by atoms with Gasteiger partial charge in [0, 0.05) is 47.0 Å². The number of amides is 2. The molecular weight excluding hydrogens is 685 g/mol. The van der Waals surface area contributed by atoms with E-state index in [2.05, 4.69) is 43.6 Å². The predicted octanol–water partition coefficient (Wildman–Crippen LogP) is 6.42. The van der Waals surface area contributed by atoms with Crippen molar-refractivity contribution in [2.24, 2.45) is 0 Å². The maximum Gasteiger partial charge on any atom is 0.408 e. The number of carbonyl (C=O) groups excluding carboxylic acids is 2. The molecule has 2 amide bonds. The molecule has 0 fully saturated rings. The first-order valence-electron chi connectivity index (χ1n) is 13.5. The van der Waals surface area contributed by atoms with Gasteiger partial charge in [-0.1, -0.05) is 46.9 Å². The molecule has 4 rings (SSSR count). The highest BCUT2D eigenvalue weighted by atomic mass is 35.5. The topological polar surface area (TPSA) is 110 Å². The monoisotopic (exact) mass is 706 g/mol. The summed E-state index contributed by atoms with van der Waals surface area (Å²) in [6.45, 7) is 1.72. The van der Waals surface area contributed by atoms with Crippen molar-refractivity contribution in [3.63, 3.8) is 0 Å². The second-order valence-electron chi connectivity index (χ2n) is 9.57. The van der Waals surface area contributed by atoms with Crippen molar-refractivity contribution in [3.05, 3.63) is 117 Å². The van der Waals surface area contributed by atoms with Crippen LogP contribution in [0.4, 0.5) is 26.3 Å². The number of nitrogens with one attached hydrogen (secondary N) is 2. The van der Waals surface area contributed by atoms with E-state index in [1.54, 1.807) is 24.3 Å². The summed E-state index contributed by atoms with van der Waals surface area (Å²) in [6.07, 6.45) is -3.37. The van der Waals surface area contributed by atoms with Crippen LogP contribution in [-0.2, 0) is 0 Å². The van der Waals surface area contributed by atoms with Gasteiger partial charge in [-0.2, -0.15) is 26.3 Å². The average Bonchev–Trinajstić information content (AvgIpc) is 3.02. The fourth-order valence-corrected chi connectivity index (χ4v) is 3.51. The van der Waals surface area contributed by atoms with Crippen LogP contribution in [0.2, 0.25) is 10.3 Å². The van der Waals surface area contributed by atoms with E-state index in [1.165, 1.54) is 49.1 Å². The average molecular weight is 707 g/mol. The molecule has 248 valence electrons. The zero-order valence-electron chi connectivity index (χ0n) is 24.7. The number of aromatic nitrogens is 4. The largest absolute Gasteiger partial charge is 0.408 e. The second-order valence-corrected chi connectivity index (χ2v) is 10.3. The van der Waals surface area contributed by atoms with Crippen LogP contribution in [0.1, 0.15) is 57.1 Å². The van der Waals surface area contributed by atoms with Crippen LogP contribution in [0.3, 0.4) is 0 Å². The van der Waals surface area contributed by atoms with Gasteiger partial charge in [0.05, 0.1) is 0 Å². The minimum Gasteiger partial charge on any atom is -0.339 e. The maximum absolute atomic E-state index is 12.4. The molecule has 2 N–H and O–H groups in total. The van der Waals surface area contributed by atoms with Crippen LogP contribution < -0.4 is 10.6 Å². The molecule has 0 aliphatic heterocycles. The van der Waals surface area contributed by atoms with Gasteiger partial charge in [-0.05, 0) is 62.4 Å². The van der Waals surface area contributed by atoms with Gasteiger partial charge < -0.3 is 10.6 Å². The molecule has 0 aliphatic carbocycles. The fraction of sp³-hybridized carbons (Fsp3) is 0.188. The lowest BCUT2D eigenvalue weighted by Crippen LogP contribution is -2.43. The van der Waals surface area contributed by atoms with Crippen molar-refractivity contribution < 1.29 is 35.9 Å². The zero-order valence-corrected chi connectivity index (χ0v) is 26.2. The Labute approximate surface area is 280 Å². The van der Waals surface area contributed by atoms with Gasteiger partial charge in [0.25, 0.3) is 11.8 Å². The van der Waals surface area contributed by atoms with E-state index < -0.39 is 36.3 Å². The number of pyridine rings is 4. The van der Waals surface area contributed by atoms with Crippen molar-refractivity contribution in [1.29, 1.82) is 0 Å².